The minimum absolute atomic E-state index is 0.0451. The number of amides is 2. The zero-order valence-electron chi connectivity index (χ0n) is 23.4. The average Bonchev–Trinajstić information content (AvgIpc) is 2.94. The molecule has 0 aliphatic carbocycles. The van der Waals surface area contributed by atoms with Crippen LogP contribution in [0.25, 0.3) is 0 Å². The number of benzene rings is 3. The molecule has 0 fully saturated rings. The van der Waals surface area contributed by atoms with Gasteiger partial charge in [0.2, 0.25) is 11.8 Å². The Labute approximate surface area is 235 Å². The Morgan fingerprint density at radius 3 is 2.25 bits per heavy atom. The van der Waals surface area contributed by atoms with Gasteiger partial charge in [0.05, 0.1) is 17.7 Å². The highest BCUT2D eigenvalue weighted by molar-refractivity contribution is 7.92. The number of halogens is 1. The van der Waals surface area contributed by atoms with Crippen molar-refractivity contribution in [3.8, 4) is 5.75 Å². The molecule has 3 rings (SSSR count). The summed E-state index contributed by atoms with van der Waals surface area (Å²) in [5.74, 6) is -0.931. The zero-order chi connectivity index (χ0) is 29.4. The molecule has 3 aromatic carbocycles. The van der Waals surface area contributed by atoms with Crippen LogP contribution in [0.4, 0.5) is 10.1 Å². The van der Waals surface area contributed by atoms with Crippen LogP contribution >= 0.6 is 0 Å². The van der Waals surface area contributed by atoms with Crippen molar-refractivity contribution in [2.45, 2.75) is 57.6 Å². The Bertz CT molecular complexity index is 1410. The van der Waals surface area contributed by atoms with Crippen molar-refractivity contribution >= 4 is 27.5 Å². The molecule has 0 radical (unpaired) electrons. The fraction of sp³-hybridized carbons (Fsp3) is 0.333. The largest absolute Gasteiger partial charge is 0.497 e. The van der Waals surface area contributed by atoms with E-state index < -0.39 is 34.3 Å². The molecule has 0 bridgehead atoms. The molecule has 214 valence electrons. The van der Waals surface area contributed by atoms with Crippen LogP contribution in [-0.4, -0.2) is 50.9 Å². The minimum Gasteiger partial charge on any atom is -0.497 e. The molecule has 8 nitrogen and oxygen atoms in total. The Morgan fingerprint density at radius 2 is 1.65 bits per heavy atom. The third-order valence-corrected chi connectivity index (χ3v) is 8.45. The van der Waals surface area contributed by atoms with E-state index in [4.69, 9.17) is 4.74 Å². The van der Waals surface area contributed by atoms with E-state index in [1.807, 2.05) is 20.8 Å². The van der Waals surface area contributed by atoms with Crippen LogP contribution in [-0.2, 0) is 26.2 Å². The quantitative estimate of drug-likeness (QED) is 0.342. The summed E-state index contributed by atoms with van der Waals surface area (Å²) in [5.41, 5.74) is 1.88. The summed E-state index contributed by atoms with van der Waals surface area (Å²) >= 11 is 0. The summed E-state index contributed by atoms with van der Waals surface area (Å²) < 4.78 is 47.4. The molecule has 0 saturated carbocycles. The number of nitrogens with one attached hydrogen (secondary N) is 1. The second kappa shape index (κ2) is 13.4. The van der Waals surface area contributed by atoms with Gasteiger partial charge in [-0.15, -0.1) is 0 Å². The molecule has 2 unspecified atom stereocenters. The van der Waals surface area contributed by atoms with Crippen molar-refractivity contribution in [1.82, 2.24) is 10.2 Å². The van der Waals surface area contributed by atoms with Gasteiger partial charge in [0.25, 0.3) is 10.0 Å². The van der Waals surface area contributed by atoms with Crippen molar-refractivity contribution in [1.29, 1.82) is 0 Å². The monoisotopic (exact) mass is 569 g/mol. The number of nitrogens with zero attached hydrogens (tertiary/aromatic N) is 2. The fourth-order valence-corrected chi connectivity index (χ4v) is 5.40. The molecular weight excluding hydrogens is 533 g/mol. The highest BCUT2D eigenvalue weighted by Crippen LogP contribution is 2.25. The number of sulfonamides is 1. The number of carbonyl (C=O) groups excluding carboxylic acids is 2. The second-order valence-electron chi connectivity index (χ2n) is 9.67. The molecule has 2 atom stereocenters. The van der Waals surface area contributed by atoms with E-state index in [0.717, 1.165) is 34.1 Å². The average molecular weight is 570 g/mol. The maximum Gasteiger partial charge on any atom is 0.264 e. The number of rotatable bonds is 12. The first-order valence-corrected chi connectivity index (χ1v) is 14.5. The van der Waals surface area contributed by atoms with E-state index in [-0.39, 0.29) is 29.1 Å². The van der Waals surface area contributed by atoms with E-state index >= 15 is 0 Å². The molecule has 0 saturated heterocycles. The molecule has 0 heterocycles. The second-order valence-corrected chi connectivity index (χ2v) is 11.5. The topological polar surface area (TPSA) is 96.0 Å². The maximum absolute atomic E-state index is 13.9. The van der Waals surface area contributed by atoms with Gasteiger partial charge in [0, 0.05) is 12.6 Å². The number of carbonyl (C=O) groups is 2. The van der Waals surface area contributed by atoms with Gasteiger partial charge in [-0.25, -0.2) is 12.8 Å². The number of hydrogen-bond donors (Lipinski definition) is 1. The van der Waals surface area contributed by atoms with Gasteiger partial charge >= 0.3 is 0 Å². The molecule has 3 aromatic rings. The molecule has 0 aromatic heterocycles. The molecule has 0 aliphatic rings. The van der Waals surface area contributed by atoms with Crippen molar-refractivity contribution in [3.05, 3.63) is 89.7 Å². The van der Waals surface area contributed by atoms with E-state index in [1.165, 1.54) is 12.0 Å². The summed E-state index contributed by atoms with van der Waals surface area (Å²) in [7, 11) is -2.73. The summed E-state index contributed by atoms with van der Waals surface area (Å²) in [6, 6.07) is 17.2. The van der Waals surface area contributed by atoms with Crippen LogP contribution in [0.2, 0.25) is 0 Å². The van der Waals surface area contributed by atoms with Gasteiger partial charge in [0.1, 0.15) is 24.2 Å². The molecule has 0 aliphatic heterocycles. The van der Waals surface area contributed by atoms with Gasteiger partial charge < -0.3 is 15.0 Å². The Morgan fingerprint density at radius 1 is 1.00 bits per heavy atom. The third kappa shape index (κ3) is 7.59. The maximum atomic E-state index is 13.9. The predicted octanol–water partition coefficient (Wildman–Crippen LogP) is 4.67. The number of aryl methyl sites for hydroxylation is 1. The van der Waals surface area contributed by atoms with Crippen LogP contribution in [0.15, 0.2) is 77.7 Å². The first-order valence-electron chi connectivity index (χ1n) is 13.0. The lowest BCUT2D eigenvalue weighted by Crippen LogP contribution is -2.52. The molecule has 0 spiro atoms. The lowest BCUT2D eigenvalue weighted by Gasteiger charge is -2.32. The van der Waals surface area contributed by atoms with E-state index in [0.29, 0.717) is 17.7 Å². The summed E-state index contributed by atoms with van der Waals surface area (Å²) in [5, 5.41) is 2.90. The molecule has 1 N–H and O–H groups in total. The smallest absolute Gasteiger partial charge is 0.264 e. The molecule has 10 heteroatoms. The number of anilines is 1. The molecule has 40 heavy (non-hydrogen) atoms. The predicted molar refractivity (Wildman–Crippen MR) is 153 cm³/mol. The van der Waals surface area contributed by atoms with Gasteiger partial charge in [-0.2, -0.15) is 0 Å². The first kappa shape index (κ1) is 30.6. The van der Waals surface area contributed by atoms with E-state index in [2.05, 4.69) is 5.32 Å². The lowest BCUT2D eigenvalue weighted by atomic mass is 10.1. The van der Waals surface area contributed by atoms with Gasteiger partial charge in [-0.1, -0.05) is 36.8 Å². The highest BCUT2D eigenvalue weighted by atomic mass is 32.2. The van der Waals surface area contributed by atoms with Crippen molar-refractivity contribution < 1.29 is 27.1 Å². The van der Waals surface area contributed by atoms with Crippen LogP contribution in [0, 0.1) is 12.7 Å². The minimum atomic E-state index is -4.27. The van der Waals surface area contributed by atoms with Gasteiger partial charge in [0.15, 0.2) is 0 Å². The van der Waals surface area contributed by atoms with Crippen LogP contribution < -0.4 is 14.4 Å². The van der Waals surface area contributed by atoms with Crippen molar-refractivity contribution in [2.75, 3.05) is 18.0 Å². The SMILES string of the molecule is CCC(C)NC(=O)C(C)N(Cc1cccc(OC)c1)C(=O)CN(c1ccc(C)cc1)S(=O)(=O)c1ccc(F)cc1. The van der Waals surface area contributed by atoms with Crippen molar-refractivity contribution in [2.24, 2.45) is 0 Å². The first-order chi connectivity index (χ1) is 19.0. The van der Waals surface area contributed by atoms with Crippen LogP contribution in [0.5, 0.6) is 5.75 Å². The Hall–Kier alpha value is -3.92. The van der Waals surface area contributed by atoms with Crippen molar-refractivity contribution in [3.63, 3.8) is 0 Å². The summed E-state index contributed by atoms with van der Waals surface area (Å²) in [6.07, 6.45) is 0.708. The van der Waals surface area contributed by atoms with E-state index in [9.17, 15) is 22.4 Å². The number of ether oxygens (including phenoxy) is 1. The number of hydrogen-bond acceptors (Lipinski definition) is 5. The zero-order valence-corrected chi connectivity index (χ0v) is 24.2. The van der Waals surface area contributed by atoms with Gasteiger partial charge in [-0.3, -0.25) is 13.9 Å². The Balaban J connectivity index is 2.03. The number of methoxy groups -OCH3 is 1. The van der Waals surface area contributed by atoms with Gasteiger partial charge in [-0.05, 0) is 81.3 Å². The Kier molecular flexibility index (Phi) is 10.3. The third-order valence-electron chi connectivity index (χ3n) is 6.66. The standard InChI is InChI=1S/C30H36FN3O5S/c1-6-22(3)32-30(36)23(4)33(19-24-8-7-9-27(18-24)39-5)29(35)20-34(26-14-10-21(2)11-15-26)40(37,38)28-16-12-25(31)13-17-28/h7-18,22-23H,6,19-20H2,1-5H3,(H,32,36). The van der Waals surface area contributed by atoms with E-state index in [1.54, 1.807) is 55.5 Å². The lowest BCUT2D eigenvalue weighted by molar-refractivity contribution is -0.139. The molecular formula is C30H36FN3O5S. The summed E-state index contributed by atoms with van der Waals surface area (Å²) in [4.78, 5) is 28.2. The van der Waals surface area contributed by atoms with Crippen LogP contribution in [0.1, 0.15) is 38.3 Å². The fourth-order valence-electron chi connectivity index (χ4n) is 3.99. The molecule has 2 amide bonds. The van der Waals surface area contributed by atoms with Crippen LogP contribution in [0.3, 0.4) is 0 Å². The highest BCUT2D eigenvalue weighted by Gasteiger charge is 2.32. The normalized spacial score (nSPS) is 12.8. The summed E-state index contributed by atoms with van der Waals surface area (Å²) in [6.45, 7) is 6.75.